The molecule has 1 aromatic carbocycles. The Morgan fingerprint density at radius 1 is 1.12 bits per heavy atom. The number of nitrogens with two attached hydrogens (primary N) is 1. The van der Waals surface area contributed by atoms with Gasteiger partial charge in [0.05, 0.1) is 5.70 Å². The smallest absolute Gasteiger partial charge is 0.255 e. The van der Waals surface area contributed by atoms with Gasteiger partial charge in [0.25, 0.3) is 10.0 Å². The number of hydrogen-bond donors (Lipinski definition) is 3. The number of nitrogens with one attached hydrogen (secondary N) is 1. The molecule has 0 spiro atoms. The second-order valence-corrected chi connectivity index (χ2v) is 11.1. The van der Waals surface area contributed by atoms with Crippen molar-refractivity contribution in [3.05, 3.63) is 65.5 Å². The van der Waals surface area contributed by atoms with Crippen molar-refractivity contribution in [2.24, 2.45) is 5.14 Å². The van der Waals surface area contributed by atoms with Crippen LogP contribution in [0.1, 0.15) is 37.9 Å². The van der Waals surface area contributed by atoms with Gasteiger partial charge in [0.15, 0.2) is 11.3 Å². The van der Waals surface area contributed by atoms with Gasteiger partial charge in [-0.3, -0.25) is 0 Å². The first kappa shape index (κ1) is 24.3. The first-order valence-electron chi connectivity index (χ1n) is 10.3. The van der Waals surface area contributed by atoms with Gasteiger partial charge in [0, 0.05) is 18.3 Å². The molecule has 4 N–H and O–H groups in total. The van der Waals surface area contributed by atoms with E-state index in [2.05, 4.69) is 10.3 Å². The number of aromatic nitrogens is 1. The lowest BCUT2D eigenvalue weighted by molar-refractivity contribution is 0.0786. The highest BCUT2D eigenvalue weighted by atomic mass is 32.2. The Bertz CT molecular complexity index is 1200. The number of aryl methyl sites for hydroxylation is 1. The lowest BCUT2D eigenvalue weighted by Gasteiger charge is -2.24. The van der Waals surface area contributed by atoms with Crippen LogP contribution in [-0.4, -0.2) is 50.0 Å². The molecule has 0 bridgehead atoms. The summed E-state index contributed by atoms with van der Waals surface area (Å²) >= 11 is 0. The molecule has 3 rings (SSSR count). The first-order chi connectivity index (χ1) is 15.0. The van der Waals surface area contributed by atoms with E-state index in [0.29, 0.717) is 37.1 Å². The highest BCUT2D eigenvalue weighted by molar-refractivity contribution is 7.98. The summed E-state index contributed by atoms with van der Waals surface area (Å²) in [5, 5.41) is 18.8. The molecule has 1 aliphatic rings. The Hall–Kier alpha value is -2.31. The topological polar surface area (TPSA) is 143 Å². The number of primary sulfonamides is 1. The molecular weight excluding hydrogens is 452 g/mol. The number of nitrogens with zero attached hydrogens (tertiary/aromatic N) is 2. The third-order valence-electron chi connectivity index (χ3n) is 5.07. The van der Waals surface area contributed by atoms with E-state index in [-0.39, 0.29) is 15.6 Å². The van der Waals surface area contributed by atoms with Crippen LogP contribution in [0.3, 0.4) is 0 Å². The van der Waals surface area contributed by atoms with E-state index in [1.54, 1.807) is 56.3 Å². The number of aliphatic hydroxyl groups excluding tert-OH is 1. The summed E-state index contributed by atoms with van der Waals surface area (Å²) in [6.07, 6.45) is 0.581. The summed E-state index contributed by atoms with van der Waals surface area (Å²) in [5.41, 5.74) is 1.38. The number of unbranched alkanes of at least 4 members (excludes halogenated alkanes) is 1. The zero-order valence-corrected chi connectivity index (χ0v) is 19.6. The van der Waals surface area contributed by atoms with Gasteiger partial charge < -0.3 is 10.4 Å². The zero-order chi connectivity index (χ0) is 23.5. The molecule has 9 nitrogen and oxygen atoms in total. The van der Waals surface area contributed by atoms with Crippen LogP contribution in [0.5, 0.6) is 0 Å². The molecule has 11 heteroatoms. The highest BCUT2D eigenvalue weighted by Gasteiger charge is 2.46. The van der Waals surface area contributed by atoms with Crippen LogP contribution in [-0.2, 0) is 26.5 Å². The molecule has 0 saturated carbocycles. The molecule has 0 fully saturated rings. The molecule has 0 saturated heterocycles. The van der Waals surface area contributed by atoms with Gasteiger partial charge in [0.1, 0.15) is 4.91 Å². The maximum absolute atomic E-state index is 13.1. The second-order valence-electron chi connectivity index (χ2n) is 7.81. The van der Waals surface area contributed by atoms with E-state index < -0.39 is 32.3 Å². The van der Waals surface area contributed by atoms with Gasteiger partial charge in [-0.2, -0.15) is 4.31 Å². The fourth-order valence-corrected chi connectivity index (χ4v) is 6.19. The molecule has 1 atom stereocenters. The third kappa shape index (κ3) is 5.18. The maximum Gasteiger partial charge on any atom is 0.255 e. The van der Waals surface area contributed by atoms with Crippen molar-refractivity contribution in [3.8, 4) is 0 Å². The summed E-state index contributed by atoms with van der Waals surface area (Å²) in [5.74, 6) is 0. The minimum Gasteiger partial charge on any atom is -0.384 e. The summed E-state index contributed by atoms with van der Waals surface area (Å²) in [4.78, 5) is 4.15. The first-order valence-corrected chi connectivity index (χ1v) is 13.3. The number of hydrogen-bond acceptors (Lipinski definition) is 7. The van der Waals surface area contributed by atoms with E-state index in [1.165, 1.54) is 6.07 Å². The van der Waals surface area contributed by atoms with E-state index in [9.17, 15) is 21.9 Å². The molecule has 0 aliphatic carbocycles. The average molecular weight is 481 g/mol. The number of sulfonamides is 2. The van der Waals surface area contributed by atoms with Crippen LogP contribution in [0.2, 0.25) is 0 Å². The SMILES string of the molecule is CC(C)N1C(O)C(NCCCCc2cccc(S(N)(=O)=O)n2)=C(c2ccccc2)S1(=O)=O. The van der Waals surface area contributed by atoms with Crippen molar-refractivity contribution in [2.75, 3.05) is 6.54 Å². The highest BCUT2D eigenvalue weighted by Crippen LogP contribution is 2.38. The number of pyridine rings is 1. The average Bonchev–Trinajstić information content (AvgIpc) is 2.92. The third-order valence-corrected chi connectivity index (χ3v) is 8.03. The van der Waals surface area contributed by atoms with Crippen molar-refractivity contribution in [1.29, 1.82) is 0 Å². The van der Waals surface area contributed by atoms with Crippen molar-refractivity contribution < 1.29 is 21.9 Å². The van der Waals surface area contributed by atoms with Gasteiger partial charge in [-0.1, -0.05) is 36.4 Å². The van der Waals surface area contributed by atoms with Gasteiger partial charge >= 0.3 is 0 Å². The summed E-state index contributed by atoms with van der Waals surface area (Å²) in [6.45, 7) is 3.86. The molecule has 2 heterocycles. The van der Waals surface area contributed by atoms with Crippen molar-refractivity contribution in [3.63, 3.8) is 0 Å². The molecule has 2 aromatic rings. The summed E-state index contributed by atoms with van der Waals surface area (Å²) in [7, 11) is -7.71. The van der Waals surface area contributed by atoms with Gasteiger partial charge in [-0.15, -0.1) is 0 Å². The molecule has 174 valence electrons. The van der Waals surface area contributed by atoms with E-state index in [1.807, 2.05) is 0 Å². The Morgan fingerprint density at radius 2 is 1.81 bits per heavy atom. The minimum absolute atomic E-state index is 0.0850. The number of benzene rings is 1. The molecular formula is C21H28N4O5S2. The van der Waals surface area contributed by atoms with Gasteiger partial charge in [-0.25, -0.2) is 27.0 Å². The summed E-state index contributed by atoms with van der Waals surface area (Å²) in [6, 6.07) is 13.0. The number of rotatable bonds is 9. The van der Waals surface area contributed by atoms with Crippen molar-refractivity contribution in [1.82, 2.24) is 14.6 Å². The van der Waals surface area contributed by atoms with Crippen molar-refractivity contribution in [2.45, 2.75) is 50.4 Å². The van der Waals surface area contributed by atoms with E-state index in [0.717, 1.165) is 4.31 Å². The Kier molecular flexibility index (Phi) is 7.36. The fourth-order valence-electron chi connectivity index (χ4n) is 3.66. The Labute approximate surface area is 189 Å². The second kappa shape index (κ2) is 9.67. The molecule has 32 heavy (non-hydrogen) atoms. The van der Waals surface area contributed by atoms with Gasteiger partial charge in [-0.05, 0) is 50.8 Å². The Balaban J connectivity index is 1.71. The lowest BCUT2D eigenvalue weighted by Crippen LogP contribution is -2.42. The van der Waals surface area contributed by atoms with E-state index >= 15 is 0 Å². The molecule has 0 amide bonds. The van der Waals surface area contributed by atoms with Crippen LogP contribution in [0.4, 0.5) is 0 Å². The normalized spacial score (nSPS) is 19.0. The zero-order valence-electron chi connectivity index (χ0n) is 18.0. The molecule has 1 aromatic heterocycles. The predicted molar refractivity (Wildman–Crippen MR) is 122 cm³/mol. The van der Waals surface area contributed by atoms with Crippen molar-refractivity contribution >= 4 is 25.0 Å². The fraction of sp³-hybridized carbons (Fsp3) is 0.381. The van der Waals surface area contributed by atoms with Gasteiger partial charge in [0.2, 0.25) is 10.0 Å². The minimum atomic E-state index is -3.86. The molecule has 1 aliphatic heterocycles. The standard InChI is InChI=1S/C21H28N4O5S2/c1-15(2)25-21(26)19(20(32(25,29)30)16-9-4-3-5-10-16)23-14-7-6-11-17-12-8-13-18(24-17)31(22,27)28/h3-5,8-10,12-13,15,21,23,26H,6-7,11,14H2,1-2H3,(H2,22,27,28). The molecule has 0 radical (unpaired) electrons. The number of aliphatic hydroxyl groups is 1. The summed E-state index contributed by atoms with van der Waals surface area (Å²) < 4.78 is 50.3. The van der Waals surface area contributed by atoms with Crippen LogP contribution in [0.15, 0.2) is 59.3 Å². The Morgan fingerprint density at radius 3 is 2.44 bits per heavy atom. The molecule has 1 unspecified atom stereocenters. The maximum atomic E-state index is 13.1. The van der Waals surface area contributed by atoms with Crippen LogP contribution in [0, 0.1) is 0 Å². The quantitative estimate of drug-likeness (QED) is 0.460. The van der Waals surface area contributed by atoms with Crippen LogP contribution in [0.25, 0.3) is 4.91 Å². The van der Waals surface area contributed by atoms with Crippen LogP contribution < -0.4 is 10.5 Å². The predicted octanol–water partition coefficient (Wildman–Crippen LogP) is 1.38. The van der Waals surface area contributed by atoms with E-state index in [4.69, 9.17) is 5.14 Å². The largest absolute Gasteiger partial charge is 0.384 e. The monoisotopic (exact) mass is 480 g/mol. The lowest BCUT2D eigenvalue weighted by atomic mass is 10.1. The van der Waals surface area contributed by atoms with Crippen LogP contribution >= 0.6 is 0 Å².